The molecular formula is C14H24N2OS. The Labute approximate surface area is 114 Å². The van der Waals surface area contributed by atoms with Gasteiger partial charge in [0.2, 0.25) is 0 Å². The second-order valence-electron chi connectivity index (χ2n) is 5.74. The summed E-state index contributed by atoms with van der Waals surface area (Å²) in [6.07, 6.45) is 3.55. The van der Waals surface area contributed by atoms with Gasteiger partial charge >= 0.3 is 0 Å². The van der Waals surface area contributed by atoms with Crippen molar-refractivity contribution in [2.24, 2.45) is 0 Å². The van der Waals surface area contributed by atoms with E-state index in [1.54, 1.807) is 11.3 Å². The van der Waals surface area contributed by atoms with Crippen LogP contribution in [0.25, 0.3) is 0 Å². The lowest BCUT2D eigenvalue weighted by Gasteiger charge is -2.27. The maximum Gasteiger partial charge on any atom is 0.0897 e. The zero-order chi connectivity index (χ0) is 13.2. The van der Waals surface area contributed by atoms with Gasteiger partial charge in [-0.25, -0.2) is 4.98 Å². The van der Waals surface area contributed by atoms with Crippen molar-refractivity contribution in [2.75, 3.05) is 13.1 Å². The van der Waals surface area contributed by atoms with E-state index in [1.807, 2.05) is 6.92 Å². The van der Waals surface area contributed by atoms with Gasteiger partial charge in [-0.3, -0.25) is 0 Å². The van der Waals surface area contributed by atoms with Crippen molar-refractivity contribution in [3.63, 3.8) is 0 Å². The van der Waals surface area contributed by atoms with E-state index in [9.17, 15) is 5.11 Å². The van der Waals surface area contributed by atoms with Crippen LogP contribution in [0.15, 0.2) is 5.38 Å². The molecule has 1 fully saturated rings. The van der Waals surface area contributed by atoms with Gasteiger partial charge in [-0.2, -0.15) is 0 Å². The molecule has 0 radical (unpaired) electrons. The molecule has 0 saturated carbocycles. The number of hydrogen-bond donors (Lipinski definition) is 1. The van der Waals surface area contributed by atoms with Crippen molar-refractivity contribution in [1.82, 2.24) is 9.88 Å². The number of aryl methyl sites for hydroxylation is 1. The Morgan fingerprint density at radius 1 is 1.44 bits per heavy atom. The Morgan fingerprint density at radius 3 is 2.83 bits per heavy atom. The number of likely N-dealkylation sites (tertiary alicyclic amines) is 1. The average Bonchev–Trinajstić information content (AvgIpc) is 2.58. The molecule has 0 aliphatic carbocycles. The second-order valence-corrected chi connectivity index (χ2v) is 6.80. The molecule has 2 rings (SSSR count). The highest BCUT2D eigenvalue weighted by Crippen LogP contribution is 2.27. The van der Waals surface area contributed by atoms with Crippen LogP contribution in [0, 0.1) is 6.92 Å². The Balaban J connectivity index is 1.98. The normalized spacial score (nSPS) is 26.5. The molecule has 1 aliphatic heterocycles. The van der Waals surface area contributed by atoms with E-state index in [2.05, 4.69) is 29.1 Å². The summed E-state index contributed by atoms with van der Waals surface area (Å²) < 4.78 is 0. The lowest BCUT2D eigenvalue weighted by Crippen LogP contribution is -2.35. The van der Waals surface area contributed by atoms with E-state index in [4.69, 9.17) is 0 Å². The first-order valence-corrected chi connectivity index (χ1v) is 7.74. The zero-order valence-electron chi connectivity index (χ0n) is 11.6. The second kappa shape index (κ2) is 5.68. The van der Waals surface area contributed by atoms with Crippen LogP contribution in [0.2, 0.25) is 0 Å². The molecule has 0 aromatic carbocycles. The fourth-order valence-electron chi connectivity index (χ4n) is 2.72. The third-order valence-corrected chi connectivity index (χ3v) is 4.68. The van der Waals surface area contributed by atoms with Gasteiger partial charge in [0, 0.05) is 24.4 Å². The highest BCUT2D eigenvalue weighted by molar-refractivity contribution is 7.09. The van der Waals surface area contributed by atoms with E-state index < -0.39 is 5.60 Å². The van der Waals surface area contributed by atoms with Crippen molar-refractivity contribution >= 4 is 11.3 Å². The minimum absolute atomic E-state index is 0.551. The standard InChI is InChI=1S/C14H24N2OS/c1-11(2)16-7-4-5-14(17,6-8-16)9-13-10-18-12(3)15-13/h10-11,17H,4-9H2,1-3H3. The number of rotatable bonds is 3. The van der Waals surface area contributed by atoms with E-state index in [-0.39, 0.29) is 0 Å². The van der Waals surface area contributed by atoms with Gasteiger partial charge < -0.3 is 10.0 Å². The SMILES string of the molecule is Cc1nc(CC2(O)CCCN(C(C)C)CC2)cs1. The molecule has 1 aliphatic rings. The third-order valence-electron chi connectivity index (χ3n) is 3.86. The van der Waals surface area contributed by atoms with E-state index >= 15 is 0 Å². The molecule has 1 N–H and O–H groups in total. The Morgan fingerprint density at radius 2 is 2.22 bits per heavy atom. The molecule has 1 aromatic rings. The fraction of sp³-hybridized carbons (Fsp3) is 0.786. The van der Waals surface area contributed by atoms with Crippen LogP contribution in [0.4, 0.5) is 0 Å². The molecule has 2 heterocycles. The predicted molar refractivity (Wildman–Crippen MR) is 76.1 cm³/mol. The van der Waals surface area contributed by atoms with Crippen molar-refractivity contribution in [2.45, 2.75) is 58.1 Å². The van der Waals surface area contributed by atoms with Crippen LogP contribution >= 0.6 is 11.3 Å². The fourth-order valence-corrected chi connectivity index (χ4v) is 3.33. The topological polar surface area (TPSA) is 36.4 Å². The molecule has 4 heteroatoms. The molecule has 1 saturated heterocycles. The quantitative estimate of drug-likeness (QED) is 0.915. The summed E-state index contributed by atoms with van der Waals surface area (Å²) in [5.41, 5.74) is 0.502. The van der Waals surface area contributed by atoms with Gasteiger partial charge in [0.05, 0.1) is 16.3 Å². The molecule has 102 valence electrons. The zero-order valence-corrected chi connectivity index (χ0v) is 12.5. The van der Waals surface area contributed by atoms with Crippen LogP contribution in [0.5, 0.6) is 0 Å². The Kier molecular flexibility index (Phi) is 4.41. The molecule has 1 atom stereocenters. The number of hydrogen-bond acceptors (Lipinski definition) is 4. The number of aliphatic hydroxyl groups is 1. The Bertz CT molecular complexity index is 391. The molecule has 18 heavy (non-hydrogen) atoms. The molecule has 0 spiro atoms. The first-order valence-electron chi connectivity index (χ1n) is 6.86. The highest BCUT2D eigenvalue weighted by atomic mass is 32.1. The average molecular weight is 268 g/mol. The summed E-state index contributed by atoms with van der Waals surface area (Å²) in [6, 6.07) is 0.578. The summed E-state index contributed by atoms with van der Waals surface area (Å²) in [6.45, 7) is 8.58. The van der Waals surface area contributed by atoms with Crippen molar-refractivity contribution in [3.8, 4) is 0 Å². The number of thiazole rings is 1. The monoisotopic (exact) mass is 268 g/mol. The van der Waals surface area contributed by atoms with Crippen LogP contribution in [0.3, 0.4) is 0 Å². The predicted octanol–water partition coefficient (Wildman–Crippen LogP) is 2.62. The molecule has 1 unspecified atom stereocenters. The van der Waals surface area contributed by atoms with E-state index in [0.29, 0.717) is 12.5 Å². The summed E-state index contributed by atoms with van der Waals surface area (Å²) in [5.74, 6) is 0. The largest absolute Gasteiger partial charge is 0.389 e. The van der Waals surface area contributed by atoms with Gasteiger partial charge in [0.15, 0.2) is 0 Å². The van der Waals surface area contributed by atoms with Crippen molar-refractivity contribution in [3.05, 3.63) is 16.1 Å². The van der Waals surface area contributed by atoms with Crippen LogP contribution in [-0.4, -0.2) is 39.7 Å². The maximum absolute atomic E-state index is 10.8. The van der Waals surface area contributed by atoms with Gasteiger partial charge in [0.25, 0.3) is 0 Å². The van der Waals surface area contributed by atoms with Crippen molar-refractivity contribution < 1.29 is 5.11 Å². The van der Waals surface area contributed by atoms with Crippen LogP contribution < -0.4 is 0 Å². The third kappa shape index (κ3) is 3.53. The lowest BCUT2D eigenvalue weighted by atomic mass is 9.90. The smallest absolute Gasteiger partial charge is 0.0897 e. The minimum atomic E-state index is -0.551. The lowest BCUT2D eigenvalue weighted by molar-refractivity contribution is 0.0241. The summed E-state index contributed by atoms with van der Waals surface area (Å²) in [4.78, 5) is 6.94. The van der Waals surface area contributed by atoms with Crippen LogP contribution in [0.1, 0.15) is 43.8 Å². The molecule has 0 bridgehead atoms. The maximum atomic E-state index is 10.8. The minimum Gasteiger partial charge on any atom is -0.389 e. The van der Waals surface area contributed by atoms with Gasteiger partial charge in [-0.1, -0.05) is 0 Å². The first-order chi connectivity index (χ1) is 8.48. The Hall–Kier alpha value is -0.450. The summed E-state index contributed by atoms with van der Waals surface area (Å²) in [7, 11) is 0. The number of nitrogens with zero attached hydrogens (tertiary/aromatic N) is 2. The van der Waals surface area contributed by atoms with Gasteiger partial charge in [-0.05, 0) is 46.6 Å². The molecular weight excluding hydrogens is 244 g/mol. The van der Waals surface area contributed by atoms with Gasteiger partial charge in [0.1, 0.15) is 0 Å². The number of aromatic nitrogens is 1. The summed E-state index contributed by atoms with van der Waals surface area (Å²) in [5, 5.41) is 13.9. The van der Waals surface area contributed by atoms with Gasteiger partial charge in [-0.15, -0.1) is 11.3 Å². The molecule has 0 amide bonds. The summed E-state index contributed by atoms with van der Waals surface area (Å²) >= 11 is 1.67. The molecule has 3 nitrogen and oxygen atoms in total. The molecule has 1 aromatic heterocycles. The van der Waals surface area contributed by atoms with Crippen LogP contribution in [-0.2, 0) is 6.42 Å². The van der Waals surface area contributed by atoms with E-state index in [0.717, 1.165) is 43.1 Å². The van der Waals surface area contributed by atoms with Crippen molar-refractivity contribution in [1.29, 1.82) is 0 Å². The highest BCUT2D eigenvalue weighted by Gasteiger charge is 2.31. The van der Waals surface area contributed by atoms with E-state index in [1.165, 1.54) is 0 Å². The first kappa shape index (κ1) is 14.0.